The Kier molecular flexibility index (Phi) is 5.49. The topological polar surface area (TPSA) is 55.9 Å². The number of benzene rings is 1. The van der Waals surface area contributed by atoms with E-state index in [0.29, 0.717) is 23.9 Å². The van der Waals surface area contributed by atoms with E-state index in [0.717, 1.165) is 11.0 Å². The minimum atomic E-state index is -0.855. The van der Waals surface area contributed by atoms with E-state index in [1.807, 2.05) is 0 Å². The molecule has 7 heteroatoms. The smallest absolute Gasteiger partial charge is 0.458 e. The molecule has 92 valence electrons. The van der Waals surface area contributed by atoms with E-state index in [1.165, 1.54) is 12.3 Å². The second kappa shape index (κ2) is 6.94. The van der Waals surface area contributed by atoms with E-state index in [2.05, 4.69) is 15.9 Å². The number of pyridine rings is 1. The fourth-order valence-electron chi connectivity index (χ4n) is 1.83. The number of ether oxygens (including phenoxy) is 1. The van der Waals surface area contributed by atoms with Crippen LogP contribution in [-0.2, 0) is 11.3 Å². The number of aromatic nitrogens is 1. The molecule has 0 spiro atoms. The molecule has 0 unspecified atom stereocenters. The van der Waals surface area contributed by atoms with Crippen LogP contribution in [0.15, 0.2) is 30.5 Å². The molecule has 1 aliphatic rings. The van der Waals surface area contributed by atoms with Crippen LogP contribution >= 0.6 is 0 Å². The van der Waals surface area contributed by atoms with Gasteiger partial charge in [0.15, 0.2) is 5.69 Å². The molecule has 1 aromatic carbocycles. The Labute approximate surface area is 165 Å². The van der Waals surface area contributed by atoms with Crippen molar-refractivity contribution in [2.45, 2.75) is 6.61 Å². The van der Waals surface area contributed by atoms with Gasteiger partial charge in [-0.15, -0.1) is 6.07 Å². The first-order chi connectivity index (χ1) is 9.26. The number of hydrogen-bond acceptors (Lipinski definition) is 4. The number of rotatable bonds is 2. The number of hydrogen-bond donors (Lipinski definition) is 1. The van der Waals surface area contributed by atoms with Gasteiger partial charge in [-0.05, 0) is 23.2 Å². The minimum Gasteiger partial charge on any atom is -0.458 e. The van der Waals surface area contributed by atoms with Gasteiger partial charge in [0.1, 0.15) is 11.6 Å². The number of fused-ring (bicyclic) bond motifs is 1. The molecule has 0 saturated carbocycles. The third-order valence-corrected chi connectivity index (χ3v) is 2.78. The minimum absolute atomic E-state index is 0. The quantitative estimate of drug-likeness (QED) is 0.533. The van der Waals surface area contributed by atoms with E-state index < -0.39 is 7.12 Å². The molecule has 3 rings (SSSR count). The van der Waals surface area contributed by atoms with Crippen LogP contribution in [-0.4, -0.2) is 17.1 Å². The zero-order valence-corrected chi connectivity index (χ0v) is 15.7. The molecule has 0 radical (unpaired) electrons. The van der Waals surface area contributed by atoms with Crippen molar-refractivity contribution in [3.8, 4) is 11.6 Å². The molecule has 0 bridgehead atoms. The Balaban J connectivity index is 0.00000147. The average molecular weight is 336 g/mol. The van der Waals surface area contributed by atoms with Crippen molar-refractivity contribution in [2.24, 2.45) is 0 Å². The summed E-state index contributed by atoms with van der Waals surface area (Å²) >= 11 is 0. The molecule has 20 heavy (non-hydrogen) atoms. The van der Waals surface area contributed by atoms with Gasteiger partial charge in [-0.2, -0.15) is 6.07 Å². The largest absolute Gasteiger partial charge is 1.00 e. The summed E-state index contributed by atoms with van der Waals surface area (Å²) in [6.45, 7) is 7.19. The predicted molar refractivity (Wildman–Crippen MR) is 68.2 cm³/mol. The van der Waals surface area contributed by atoms with Gasteiger partial charge in [-0.25, -0.2) is 4.85 Å². The van der Waals surface area contributed by atoms with Crippen molar-refractivity contribution in [3.63, 3.8) is 0 Å². The van der Waals surface area contributed by atoms with Crippen LogP contribution in [0.3, 0.4) is 0 Å². The summed E-state index contributed by atoms with van der Waals surface area (Å²) in [6.07, 6.45) is 1.43. The van der Waals surface area contributed by atoms with E-state index in [-0.39, 0.29) is 58.2 Å². The maximum atomic E-state index is 9.51. The van der Waals surface area contributed by atoms with Gasteiger partial charge in [0, 0.05) is 6.20 Å². The van der Waals surface area contributed by atoms with Gasteiger partial charge in [-0.3, -0.25) is 4.98 Å². The zero-order chi connectivity index (χ0) is 13.2. The molecule has 0 atom stereocenters. The molecule has 0 fully saturated rings. The second-order valence-electron chi connectivity index (χ2n) is 4.01. The Morgan fingerprint density at radius 3 is 3.05 bits per heavy atom. The van der Waals surface area contributed by atoms with E-state index in [1.54, 1.807) is 18.2 Å². The van der Waals surface area contributed by atoms with Crippen LogP contribution in [0, 0.1) is 12.6 Å². The summed E-state index contributed by atoms with van der Waals surface area (Å²) in [5, 5.41) is 9.51. The first kappa shape index (κ1) is 15.8. The Bertz CT molecular complexity index is 658. The maximum absolute atomic E-state index is 9.51. The molecule has 0 aliphatic carbocycles. The molecule has 2 aromatic rings. The van der Waals surface area contributed by atoms with Crippen LogP contribution < -0.4 is 68.4 Å². The Morgan fingerprint density at radius 2 is 2.35 bits per heavy atom. The van der Waals surface area contributed by atoms with Gasteiger partial charge in [-0.1, -0.05) is 6.07 Å². The summed E-state index contributed by atoms with van der Waals surface area (Å²) in [5.41, 5.74) is 2.06. The fourth-order valence-corrected chi connectivity index (χ4v) is 1.83. The summed E-state index contributed by atoms with van der Waals surface area (Å²) < 4.78 is 10.6. The summed E-state index contributed by atoms with van der Waals surface area (Å²) in [5.74, 6) is 0.891. The van der Waals surface area contributed by atoms with Gasteiger partial charge < -0.3 is 14.4 Å². The third kappa shape index (κ3) is 3.37. The van der Waals surface area contributed by atoms with Gasteiger partial charge in [0.25, 0.3) is 0 Å². The summed E-state index contributed by atoms with van der Waals surface area (Å²) in [7, 11) is -0.855. The molecule has 1 N–H and O–H groups in total. The van der Waals surface area contributed by atoms with E-state index in [4.69, 9.17) is 16.0 Å². The van der Waals surface area contributed by atoms with Crippen LogP contribution in [0.25, 0.3) is 4.85 Å². The second-order valence-corrected chi connectivity index (χ2v) is 4.01. The summed E-state index contributed by atoms with van der Waals surface area (Å²) in [4.78, 5) is 7.21. The Morgan fingerprint density at radius 1 is 1.50 bits per heavy atom. The molecule has 5 nitrogen and oxygen atoms in total. The molecule has 1 aliphatic heterocycles. The number of nitrogens with zero attached hydrogens (tertiary/aromatic N) is 2. The van der Waals surface area contributed by atoms with Gasteiger partial charge >= 0.3 is 65.3 Å². The third-order valence-electron chi connectivity index (χ3n) is 2.78. The standard InChI is InChI=1S/C13H8BN2O3.Rb/c1-15-10-2-5-13(16-7-10)19-11-3-4-12-9(6-11)8-18-14(12)17;/h2-4,6-7,17H,8H2;/q-1;+1. The van der Waals surface area contributed by atoms with Crippen molar-refractivity contribution in [1.82, 2.24) is 4.98 Å². The van der Waals surface area contributed by atoms with Crippen molar-refractivity contribution in [3.05, 3.63) is 53.5 Å². The normalized spacial score (nSPS) is 12.3. The van der Waals surface area contributed by atoms with Crippen LogP contribution in [0.4, 0.5) is 5.69 Å². The average Bonchev–Trinajstić information content (AvgIpc) is 2.81. The van der Waals surface area contributed by atoms with Crippen LogP contribution in [0.1, 0.15) is 5.56 Å². The molecular weight excluding hydrogens is 328 g/mol. The SMILES string of the molecule is [C-]#[N+]c1c[c-]c(Oc2ccc3c(c2)COB3O)nc1.[Rb+]. The van der Waals surface area contributed by atoms with Crippen molar-refractivity contribution in [1.29, 1.82) is 0 Å². The van der Waals surface area contributed by atoms with Crippen molar-refractivity contribution in [2.75, 3.05) is 0 Å². The molecule has 0 amide bonds. The van der Waals surface area contributed by atoms with Crippen molar-refractivity contribution >= 4 is 18.3 Å². The van der Waals surface area contributed by atoms with E-state index >= 15 is 0 Å². The predicted octanol–water partition coefficient (Wildman–Crippen LogP) is -1.55. The molecule has 0 saturated heterocycles. The van der Waals surface area contributed by atoms with Crippen LogP contribution in [0.5, 0.6) is 11.6 Å². The zero-order valence-electron chi connectivity index (χ0n) is 10.8. The van der Waals surface area contributed by atoms with E-state index in [9.17, 15) is 5.02 Å². The monoisotopic (exact) mass is 336 g/mol. The summed E-state index contributed by atoms with van der Waals surface area (Å²) in [6, 6.07) is 9.59. The van der Waals surface area contributed by atoms with Gasteiger partial charge in [0.2, 0.25) is 0 Å². The molecular formula is C13H8BN2O3Rb. The fraction of sp³-hybridized carbons (Fsp3) is 0.0769. The molecule has 1 aromatic heterocycles. The first-order valence-electron chi connectivity index (χ1n) is 5.62. The van der Waals surface area contributed by atoms with Gasteiger partial charge in [0.05, 0.1) is 13.2 Å². The maximum Gasteiger partial charge on any atom is 1.00 e. The van der Waals surface area contributed by atoms with Crippen LogP contribution in [0.2, 0.25) is 0 Å². The first-order valence-corrected chi connectivity index (χ1v) is 5.62. The Hall–Kier alpha value is -0.550. The molecule has 2 heterocycles. The van der Waals surface area contributed by atoms with Crippen molar-refractivity contribution < 1.29 is 72.6 Å².